The molecule has 2 aromatic rings. The Balaban J connectivity index is 1.13. The Bertz CT molecular complexity index is 796. The lowest BCUT2D eigenvalue weighted by Gasteiger charge is -2.37. The van der Waals surface area contributed by atoms with Crippen LogP contribution in [0.2, 0.25) is 0 Å². The van der Waals surface area contributed by atoms with E-state index in [1.54, 1.807) is 0 Å². The van der Waals surface area contributed by atoms with Crippen LogP contribution in [0.1, 0.15) is 35.4 Å². The summed E-state index contributed by atoms with van der Waals surface area (Å²) in [6.45, 7) is 9.27. The number of fused-ring (bicyclic) bond motifs is 2. The molecule has 0 atom stereocenters. The zero-order valence-corrected chi connectivity index (χ0v) is 16.9. The summed E-state index contributed by atoms with van der Waals surface area (Å²) in [5, 5.41) is 0. The predicted molar refractivity (Wildman–Crippen MR) is 115 cm³/mol. The van der Waals surface area contributed by atoms with Gasteiger partial charge in [0.15, 0.2) is 0 Å². The molecule has 0 radical (unpaired) electrons. The molecule has 4 heteroatoms. The summed E-state index contributed by atoms with van der Waals surface area (Å²) in [6.07, 6.45) is 6.22. The fourth-order valence-corrected chi connectivity index (χ4v) is 5.00. The van der Waals surface area contributed by atoms with Crippen molar-refractivity contribution in [1.29, 1.82) is 0 Å². The third-order valence-electron chi connectivity index (χ3n) is 6.75. The predicted octanol–water partition coefficient (Wildman–Crippen LogP) is 3.14. The molecule has 5 rings (SSSR count). The molecule has 0 unspecified atom stereocenters. The van der Waals surface area contributed by atoms with Crippen LogP contribution >= 0.6 is 0 Å². The molecule has 4 nitrogen and oxygen atoms in total. The lowest BCUT2D eigenvalue weighted by molar-refractivity contribution is 0.186. The minimum absolute atomic E-state index is 1.10. The summed E-state index contributed by atoms with van der Waals surface area (Å²) in [5.74, 6) is 0. The molecular formula is C24H32N4. The van der Waals surface area contributed by atoms with Crippen LogP contribution in [0.3, 0.4) is 0 Å². The lowest BCUT2D eigenvalue weighted by atomic mass is 9.92. The first-order chi connectivity index (χ1) is 13.8. The molecule has 28 heavy (non-hydrogen) atoms. The first-order valence-corrected chi connectivity index (χ1v) is 11.1. The molecule has 3 aliphatic rings. The van der Waals surface area contributed by atoms with Crippen molar-refractivity contribution in [3.63, 3.8) is 0 Å². The zero-order valence-electron chi connectivity index (χ0n) is 16.9. The summed E-state index contributed by atoms with van der Waals surface area (Å²) in [7, 11) is 0. The molecular weight excluding hydrogens is 344 g/mol. The van der Waals surface area contributed by atoms with Crippen molar-refractivity contribution in [2.75, 3.05) is 50.7 Å². The topological polar surface area (TPSA) is 22.6 Å². The molecule has 0 saturated carbocycles. The van der Waals surface area contributed by atoms with E-state index in [-0.39, 0.29) is 0 Å². The lowest BCUT2D eigenvalue weighted by Crippen LogP contribution is -2.48. The monoisotopic (exact) mass is 376 g/mol. The number of anilines is 1. The molecule has 0 amide bonds. The summed E-state index contributed by atoms with van der Waals surface area (Å²) in [4.78, 5) is 12.8. The van der Waals surface area contributed by atoms with Crippen LogP contribution in [0.5, 0.6) is 0 Å². The van der Waals surface area contributed by atoms with E-state index >= 15 is 0 Å². The van der Waals surface area contributed by atoms with Crippen LogP contribution < -0.4 is 4.90 Å². The van der Waals surface area contributed by atoms with Crippen molar-refractivity contribution in [2.45, 2.75) is 38.6 Å². The maximum atomic E-state index is 5.03. The number of aryl methyl sites for hydroxylation is 2. The summed E-state index contributed by atoms with van der Waals surface area (Å²) in [6, 6.07) is 13.3. The van der Waals surface area contributed by atoms with Crippen LogP contribution in [0.15, 0.2) is 36.4 Å². The normalized spacial score (nSPS) is 20.6. The van der Waals surface area contributed by atoms with Crippen LogP contribution in [-0.2, 0) is 25.8 Å². The summed E-state index contributed by atoms with van der Waals surface area (Å²) in [5.41, 5.74) is 7.18. The Kier molecular flexibility index (Phi) is 5.32. The van der Waals surface area contributed by atoms with Crippen molar-refractivity contribution in [3.8, 4) is 0 Å². The van der Waals surface area contributed by atoms with Gasteiger partial charge in [-0.2, -0.15) is 0 Å². The molecule has 148 valence electrons. The van der Waals surface area contributed by atoms with E-state index in [4.69, 9.17) is 4.98 Å². The number of aromatic nitrogens is 1. The van der Waals surface area contributed by atoms with Gasteiger partial charge in [0.25, 0.3) is 0 Å². The van der Waals surface area contributed by atoms with Crippen molar-refractivity contribution >= 4 is 5.69 Å². The largest absolute Gasteiger partial charge is 0.369 e. The van der Waals surface area contributed by atoms with Gasteiger partial charge in [-0.3, -0.25) is 14.8 Å². The van der Waals surface area contributed by atoms with Crippen molar-refractivity contribution in [1.82, 2.24) is 14.8 Å². The Morgan fingerprint density at radius 3 is 2.32 bits per heavy atom. The molecule has 1 saturated heterocycles. The number of piperazine rings is 1. The van der Waals surface area contributed by atoms with E-state index < -0.39 is 0 Å². The number of benzene rings is 1. The molecule has 2 aliphatic heterocycles. The van der Waals surface area contributed by atoms with Crippen molar-refractivity contribution in [3.05, 3.63) is 58.9 Å². The number of hydrogen-bond acceptors (Lipinski definition) is 4. The number of pyridine rings is 1. The van der Waals surface area contributed by atoms with Gasteiger partial charge in [0.05, 0.1) is 0 Å². The van der Waals surface area contributed by atoms with Gasteiger partial charge in [-0.25, -0.2) is 0 Å². The quantitative estimate of drug-likeness (QED) is 0.818. The Hall–Kier alpha value is -1.91. The van der Waals surface area contributed by atoms with Crippen molar-refractivity contribution in [2.24, 2.45) is 0 Å². The van der Waals surface area contributed by atoms with Crippen molar-refractivity contribution < 1.29 is 0 Å². The Labute approximate surface area is 169 Å². The third-order valence-corrected chi connectivity index (χ3v) is 6.75. The first kappa shape index (κ1) is 18.1. The van der Waals surface area contributed by atoms with Gasteiger partial charge in [-0.15, -0.1) is 0 Å². The number of nitrogens with zero attached hydrogens (tertiary/aromatic N) is 4. The minimum Gasteiger partial charge on any atom is -0.369 e. The van der Waals surface area contributed by atoms with E-state index in [1.807, 2.05) is 0 Å². The summed E-state index contributed by atoms with van der Waals surface area (Å²) >= 11 is 0. The third kappa shape index (κ3) is 3.94. The van der Waals surface area contributed by atoms with Gasteiger partial charge in [0.2, 0.25) is 0 Å². The van der Waals surface area contributed by atoms with Gasteiger partial charge in [0, 0.05) is 75.9 Å². The Morgan fingerprint density at radius 2 is 1.46 bits per heavy atom. The zero-order chi connectivity index (χ0) is 18.8. The van der Waals surface area contributed by atoms with Crippen LogP contribution in [0, 0.1) is 0 Å². The highest BCUT2D eigenvalue weighted by molar-refractivity contribution is 5.46. The maximum absolute atomic E-state index is 5.03. The molecule has 1 aromatic heterocycles. The highest BCUT2D eigenvalue weighted by Gasteiger charge is 2.22. The van der Waals surface area contributed by atoms with Gasteiger partial charge in [-0.05, 0) is 48.9 Å². The van der Waals surface area contributed by atoms with Gasteiger partial charge >= 0.3 is 0 Å². The molecule has 1 fully saturated rings. The second kappa shape index (κ2) is 8.22. The van der Waals surface area contributed by atoms with E-state index in [0.29, 0.717) is 0 Å². The smallest absolute Gasteiger partial charge is 0.0464 e. The highest BCUT2D eigenvalue weighted by atomic mass is 15.3. The van der Waals surface area contributed by atoms with Gasteiger partial charge in [0.1, 0.15) is 0 Å². The standard InChI is InChI=1S/C24H32N4/c1-2-7-22(8-3-1)28-16-14-26(15-17-28)12-13-27-11-10-24-21(19-27)18-20-6-4-5-9-23(20)25-24/h1-3,7-8,18H,4-6,9-17,19H2. The van der Waals surface area contributed by atoms with Crippen LogP contribution in [-0.4, -0.2) is 60.6 Å². The van der Waals surface area contributed by atoms with Crippen LogP contribution in [0.25, 0.3) is 0 Å². The average molecular weight is 377 g/mol. The second-order valence-electron chi connectivity index (χ2n) is 8.60. The molecule has 3 heterocycles. The van der Waals surface area contributed by atoms with Crippen LogP contribution in [0.4, 0.5) is 5.69 Å². The molecule has 0 bridgehead atoms. The number of hydrogen-bond donors (Lipinski definition) is 0. The molecule has 0 spiro atoms. The SMILES string of the molecule is c1ccc(N2CCN(CCN3CCc4nc5c(cc4C3)CCCC5)CC2)cc1. The average Bonchev–Trinajstić information content (AvgIpc) is 2.77. The fourth-order valence-electron chi connectivity index (χ4n) is 5.00. The maximum Gasteiger partial charge on any atom is 0.0464 e. The first-order valence-electron chi connectivity index (χ1n) is 11.1. The second-order valence-corrected chi connectivity index (χ2v) is 8.60. The van der Waals surface area contributed by atoms with E-state index in [0.717, 1.165) is 26.1 Å². The Morgan fingerprint density at radius 1 is 0.714 bits per heavy atom. The van der Waals surface area contributed by atoms with E-state index in [2.05, 4.69) is 51.1 Å². The van der Waals surface area contributed by atoms with Gasteiger partial charge < -0.3 is 4.90 Å². The number of rotatable bonds is 4. The van der Waals surface area contributed by atoms with E-state index in [9.17, 15) is 0 Å². The molecule has 0 N–H and O–H groups in total. The summed E-state index contributed by atoms with van der Waals surface area (Å²) < 4.78 is 0. The van der Waals surface area contributed by atoms with E-state index in [1.165, 1.54) is 86.6 Å². The molecule has 1 aromatic carbocycles. The van der Waals surface area contributed by atoms with Gasteiger partial charge in [-0.1, -0.05) is 24.3 Å². The minimum atomic E-state index is 1.10. The fraction of sp³-hybridized carbons (Fsp3) is 0.542. The highest BCUT2D eigenvalue weighted by Crippen LogP contribution is 2.25. The molecule has 1 aliphatic carbocycles. The number of para-hydroxylation sites is 1.